The van der Waals surface area contributed by atoms with Crippen LogP contribution in [0.1, 0.15) is 12.5 Å². The number of aromatic nitrogens is 1. The second kappa shape index (κ2) is 5.77. The maximum atomic E-state index is 11.9. The van der Waals surface area contributed by atoms with Gasteiger partial charge in [-0.05, 0) is 30.5 Å². The molecular formula is C13H19N3O. The molecule has 1 aliphatic rings. The molecule has 4 nitrogen and oxygen atoms in total. The van der Waals surface area contributed by atoms with E-state index >= 15 is 0 Å². The van der Waals surface area contributed by atoms with Crippen LogP contribution >= 0.6 is 0 Å². The minimum absolute atomic E-state index is 0.129. The van der Waals surface area contributed by atoms with Crippen LogP contribution in [0.25, 0.3) is 0 Å². The minimum atomic E-state index is 0.129. The second-order valence-corrected chi connectivity index (χ2v) is 4.64. The summed E-state index contributed by atoms with van der Waals surface area (Å²) in [6.07, 6.45) is 4.44. The Hall–Kier alpha value is -1.42. The van der Waals surface area contributed by atoms with E-state index in [9.17, 15) is 4.79 Å². The van der Waals surface area contributed by atoms with Crippen molar-refractivity contribution in [1.29, 1.82) is 0 Å². The maximum absolute atomic E-state index is 11.9. The van der Waals surface area contributed by atoms with Gasteiger partial charge in [-0.1, -0.05) is 13.0 Å². The van der Waals surface area contributed by atoms with Crippen LogP contribution < -0.4 is 10.6 Å². The first kappa shape index (κ1) is 12.0. The first-order valence-electron chi connectivity index (χ1n) is 6.14. The van der Waals surface area contributed by atoms with E-state index in [4.69, 9.17) is 0 Å². The SMILES string of the molecule is CC1CNCC1C(=O)NCCc1cccnc1. The van der Waals surface area contributed by atoms with E-state index < -0.39 is 0 Å². The fourth-order valence-electron chi connectivity index (χ4n) is 2.17. The van der Waals surface area contributed by atoms with Crippen molar-refractivity contribution in [2.24, 2.45) is 11.8 Å². The Morgan fingerprint density at radius 1 is 1.59 bits per heavy atom. The molecule has 2 N–H and O–H groups in total. The molecular weight excluding hydrogens is 214 g/mol. The van der Waals surface area contributed by atoms with Gasteiger partial charge in [-0.25, -0.2) is 0 Å². The van der Waals surface area contributed by atoms with Crippen LogP contribution in [-0.2, 0) is 11.2 Å². The number of nitrogens with one attached hydrogen (secondary N) is 2. The van der Waals surface area contributed by atoms with Crippen molar-refractivity contribution in [1.82, 2.24) is 15.6 Å². The van der Waals surface area contributed by atoms with Crippen LogP contribution in [0.15, 0.2) is 24.5 Å². The van der Waals surface area contributed by atoms with Crippen molar-refractivity contribution in [3.05, 3.63) is 30.1 Å². The molecule has 92 valence electrons. The summed E-state index contributed by atoms with van der Waals surface area (Å²) in [6, 6.07) is 3.94. The van der Waals surface area contributed by atoms with Gasteiger partial charge in [0.1, 0.15) is 0 Å². The highest BCUT2D eigenvalue weighted by atomic mass is 16.1. The smallest absolute Gasteiger partial charge is 0.224 e. The van der Waals surface area contributed by atoms with E-state index in [0.717, 1.165) is 25.1 Å². The summed E-state index contributed by atoms with van der Waals surface area (Å²) in [5, 5.41) is 6.24. The Morgan fingerprint density at radius 2 is 2.47 bits per heavy atom. The highest BCUT2D eigenvalue weighted by molar-refractivity contribution is 5.79. The standard InChI is InChI=1S/C13H19N3O/c1-10-7-15-9-12(10)13(17)16-6-4-11-3-2-5-14-8-11/h2-3,5,8,10,12,15H,4,6-7,9H2,1H3,(H,16,17). The van der Waals surface area contributed by atoms with Crippen LogP contribution in [0, 0.1) is 11.8 Å². The highest BCUT2D eigenvalue weighted by Crippen LogP contribution is 2.15. The van der Waals surface area contributed by atoms with E-state index in [2.05, 4.69) is 22.5 Å². The number of hydrogen-bond donors (Lipinski definition) is 2. The molecule has 2 unspecified atom stereocenters. The van der Waals surface area contributed by atoms with Crippen LogP contribution in [0.5, 0.6) is 0 Å². The van der Waals surface area contributed by atoms with Gasteiger partial charge in [-0.2, -0.15) is 0 Å². The molecule has 0 saturated carbocycles. The highest BCUT2D eigenvalue weighted by Gasteiger charge is 2.28. The molecule has 1 saturated heterocycles. The van der Waals surface area contributed by atoms with Crippen LogP contribution in [0.4, 0.5) is 0 Å². The fourth-order valence-corrected chi connectivity index (χ4v) is 2.17. The molecule has 4 heteroatoms. The average molecular weight is 233 g/mol. The van der Waals surface area contributed by atoms with E-state index in [1.54, 1.807) is 6.20 Å². The largest absolute Gasteiger partial charge is 0.355 e. The fraction of sp³-hybridized carbons (Fsp3) is 0.538. The molecule has 17 heavy (non-hydrogen) atoms. The van der Waals surface area contributed by atoms with Gasteiger partial charge in [-0.3, -0.25) is 9.78 Å². The molecule has 0 bridgehead atoms. The molecule has 0 aliphatic carbocycles. The Kier molecular flexibility index (Phi) is 4.09. The van der Waals surface area contributed by atoms with Crippen LogP contribution in [0.2, 0.25) is 0 Å². The summed E-state index contributed by atoms with van der Waals surface area (Å²) in [4.78, 5) is 15.9. The average Bonchev–Trinajstić information content (AvgIpc) is 2.77. The zero-order valence-corrected chi connectivity index (χ0v) is 10.1. The Balaban J connectivity index is 1.73. The van der Waals surface area contributed by atoms with Crippen molar-refractivity contribution in [2.45, 2.75) is 13.3 Å². The molecule has 1 fully saturated rings. The number of carbonyl (C=O) groups excluding carboxylic acids is 1. The molecule has 2 atom stereocenters. The third-order valence-corrected chi connectivity index (χ3v) is 3.29. The summed E-state index contributed by atoms with van der Waals surface area (Å²) in [6.45, 7) is 4.56. The molecule has 2 heterocycles. The normalized spacial score (nSPS) is 23.6. The van der Waals surface area contributed by atoms with Gasteiger partial charge < -0.3 is 10.6 Å². The first-order valence-corrected chi connectivity index (χ1v) is 6.14. The number of rotatable bonds is 4. The Labute approximate surface area is 102 Å². The monoisotopic (exact) mass is 233 g/mol. The lowest BCUT2D eigenvalue weighted by atomic mass is 9.97. The number of hydrogen-bond acceptors (Lipinski definition) is 3. The number of amides is 1. The summed E-state index contributed by atoms with van der Waals surface area (Å²) in [5.41, 5.74) is 1.16. The predicted molar refractivity (Wildman–Crippen MR) is 66.5 cm³/mol. The molecule has 1 aromatic rings. The van der Waals surface area contributed by atoms with Crippen molar-refractivity contribution >= 4 is 5.91 Å². The van der Waals surface area contributed by atoms with Gasteiger partial charge in [0.2, 0.25) is 5.91 Å². The Morgan fingerprint density at radius 3 is 3.12 bits per heavy atom. The van der Waals surface area contributed by atoms with Gasteiger partial charge in [0.25, 0.3) is 0 Å². The Bertz CT molecular complexity index is 366. The first-order chi connectivity index (χ1) is 8.27. The van der Waals surface area contributed by atoms with Crippen LogP contribution in [-0.4, -0.2) is 30.5 Å². The maximum Gasteiger partial charge on any atom is 0.224 e. The molecule has 0 aromatic carbocycles. The van der Waals surface area contributed by atoms with Gasteiger partial charge in [0.15, 0.2) is 0 Å². The summed E-state index contributed by atoms with van der Waals surface area (Å²) in [7, 11) is 0. The van der Waals surface area contributed by atoms with Crippen LogP contribution in [0.3, 0.4) is 0 Å². The summed E-state index contributed by atoms with van der Waals surface area (Å²) < 4.78 is 0. The number of nitrogens with zero attached hydrogens (tertiary/aromatic N) is 1. The molecule has 1 aliphatic heterocycles. The van der Waals surface area contributed by atoms with E-state index in [1.165, 1.54) is 0 Å². The minimum Gasteiger partial charge on any atom is -0.355 e. The van der Waals surface area contributed by atoms with E-state index in [0.29, 0.717) is 12.5 Å². The quantitative estimate of drug-likeness (QED) is 0.800. The molecule has 0 spiro atoms. The zero-order chi connectivity index (χ0) is 12.1. The lowest BCUT2D eigenvalue weighted by Gasteiger charge is -2.13. The number of carbonyl (C=O) groups is 1. The zero-order valence-electron chi connectivity index (χ0n) is 10.1. The molecule has 0 radical (unpaired) electrons. The topological polar surface area (TPSA) is 54.0 Å². The summed E-state index contributed by atoms with van der Waals surface area (Å²) in [5.74, 6) is 0.740. The van der Waals surface area contributed by atoms with Gasteiger partial charge in [0.05, 0.1) is 5.92 Å². The molecule has 1 aromatic heterocycles. The number of pyridine rings is 1. The van der Waals surface area contributed by atoms with Gasteiger partial charge in [0, 0.05) is 25.5 Å². The van der Waals surface area contributed by atoms with Crippen molar-refractivity contribution in [2.75, 3.05) is 19.6 Å². The molecule has 1 amide bonds. The van der Waals surface area contributed by atoms with E-state index in [-0.39, 0.29) is 11.8 Å². The predicted octanol–water partition coefficient (Wildman–Crippen LogP) is 0.596. The lowest BCUT2D eigenvalue weighted by molar-refractivity contribution is -0.125. The lowest BCUT2D eigenvalue weighted by Crippen LogP contribution is -2.35. The molecule has 2 rings (SSSR count). The van der Waals surface area contributed by atoms with E-state index in [1.807, 2.05) is 18.3 Å². The van der Waals surface area contributed by atoms with Crippen molar-refractivity contribution in [3.63, 3.8) is 0 Å². The second-order valence-electron chi connectivity index (χ2n) is 4.64. The van der Waals surface area contributed by atoms with Gasteiger partial charge in [-0.15, -0.1) is 0 Å². The summed E-state index contributed by atoms with van der Waals surface area (Å²) >= 11 is 0. The van der Waals surface area contributed by atoms with Crippen molar-refractivity contribution < 1.29 is 4.79 Å². The third-order valence-electron chi connectivity index (χ3n) is 3.29. The third kappa shape index (κ3) is 3.27. The van der Waals surface area contributed by atoms with Crippen molar-refractivity contribution in [3.8, 4) is 0 Å². The van der Waals surface area contributed by atoms with Gasteiger partial charge >= 0.3 is 0 Å².